The van der Waals surface area contributed by atoms with Gasteiger partial charge in [0, 0.05) is 18.8 Å². The fourth-order valence-corrected chi connectivity index (χ4v) is 4.22. The van der Waals surface area contributed by atoms with Crippen molar-refractivity contribution in [1.29, 1.82) is 0 Å². The van der Waals surface area contributed by atoms with Gasteiger partial charge in [-0.3, -0.25) is 19.4 Å². The summed E-state index contributed by atoms with van der Waals surface area (Å²) >= 11 is 4.19. The van der Waals surface area contributed by atoms with Gasteiger partial charge in [0.2, 0.25) is 17.7 Å². The standard InChI is InChI=1S/C23H35N7O6S/c24-15(11-13-5-7-14(31)8-6-13)19(32)29-17(12-37)21(34)30-10-2-4-18(30)20(33)28-16(22(35)36)3-1-9-27-23(25)26/h5-8,15-18,31,37H,1-4,9-12,24H2,(H,28,33)(H,29,32)(H,35,36)(H4,25,26,27). The third-order valence-corrected chi connectivity index (χ3v) is 6.29. The number of benzene rings is 1. The Bertz CT molecular complexity index is 986. The van der Waals surface area contributed by atoms with Crippen molar-refractivity contribution in [3.63, 3.8) is 0 Å². The fourth-order valence-electron chi connectivity index (χ4n) is 3.97. The smallest absolute Gasteiger partial charge is 0.326 e. The molecular weight excluding hydrogens is 502 g/mol. The molecule has 0 saturated carbocycles. The second-order valence-corrected chi connectivity index (χ2v) is 9.12. The topological polar surface area (TPSA) is 226 Å². The number of carboxylic acid groups (broad SMARTS) is 1. The van der Waals surface area contributed by atoms with Crippen LogP contribution in [-0.2, 0) is 25.6 Å². The molecule has 0 spiro atoms. The summed E-state index contributed by atoms with van der Waals surface area (Å²) in [6.07, 6.45) is 1.52. The number of phenolic OH excluding ortho intramolecular Hbond substituents is 1. The van der Waals surface area contributed by atoms with Crippen LogP contribution in [0.4, 0.5) is 0 Å². The molecule has 3 amide bonds. The molecule has 0 radical (unpaired) electrons. The van der Waals surface area contributed by atoms with E-state index in [9.17, 15) is 29.4 Å². The summed E-state index contributed by atoms with van der Waals surface area (Å²) in [4.78, 5) is 55.5. The first-order valence-electron chi connectivity index (χ1n) is 11.9. The molecule has 1 heterocycles. The van der Waals surface area contributed by atoms with E-state index in [1.165, 1.54) is 17.0 Å². The van der Waals surface area contributed by atoms with Crippen LogP contribution >= 0.6 is 12.6 Å². The van der Waals surface area contributed by atoms with Crippen molar-refractivity contribution in [1.82, 2.24) is 15.5 Å². The molecule has 1 fully saturated rings. The fraction of sp³-hybridized carbons (Fsp3) is 0.522. The number of likely N-dealkylation sites (tertiary alicyclic amines) is 1. The van der Waals surface area contributed by atoms with Crippen molar-refractivity contribution in [2.24, 2.45) is 22.2 Å². The first-order valence-corrected chi connectivity index (χ1v) is 12.5. The van der Waals surface area contributed by atoms with Crippen LogP contribution in [0.5, 0.6) is 5.75 Å². The molecule has 10 N–H and O–H groups in total. The number of aliphatic imine (C=N–C) groups is 1. The summed E-state index contributed by atoms with van der Waals surface area (Å²) < 4.78 is 0. The van der Waals surface area contributed by atoms with Gasteiger partial charge >= 0.3 is 5.97 Å². The molecule has 37 heavy (non-hydrogen) atoms. The predicted molar refractivity (Wildman–Crippen MR) is 140 cm³/mol. The number of phenols is 1. The van der Waals surface area contributed by atoms with E-state index in [-0.39, 0.29) is 43.4 Å². The Morgan fingerprint density at radius 1 is 1.14 bits per heavy atom. The van der Waals surface area contributed by atoms with E-state index in [1.807, 2.05) is 0 Å². The summed E-state index contributed by atoms with van der Waals surface area (Å²) in [5.41, 5.74) is 17.2. The molecule has 4 unspecified atom stereocenters. The number of carbonyl (C=O) groups excluding carboxylic acids is 3. The molecule has 1 aliphatic heterocycles. The second-order valence-electron chi connectivity index (χ2n) is 8.76. The summed E-state index contributed by atoms with van der Waals surface area (Å²) in [6, 6.07) is 2.23. The Labute approximate surface area is 220 Å². The summed E-state index contributed by atoms with van der Waals surface area (Å²) in [5, 5.41) is 24.0. The first kappa shape index (κ1) is 29.7. The Hall–Kier alpha value is -3.52. The Balaban J connectivity index is 1.98. The van der Waals surface area contributed by atoms with E-state index in [0.717, 1.165) is 5.56 Å². The van der Waals surface area contributed by atoms with Gasteiger partial charge in [0.1, 0.15) is 23.9 Å². The van der Waals surface area contributed by atoms with E-state index in [0.29, 0.717) is 19.3 Å². The average molecular weight is 538 g/mol. The zero-order valence-electron chi connectivity index (χ0n) is 20.4. The van der Waals surface area contributed by atoms with Crippen molar-refractivity contribution in [3.05, 3.63) is 29.8 Å². The summed E-state index contributed by atoms with van der Waals surface area (Å²) in [7, 11) is 0. The zero-order valence-corrected chi connectivity index (χ0v) is 21.3. The van der Waals surface area contributed by atoms with Crippen molar-refractivity contribution in [2.75, 3.05) is 18.8 Å². The van der Waals surface area contributed by atoms with Gasteiger partial charge in [0.25, 0.3) is 0 Å². The SMILES string of the molecule is NC(N)=NCCCC(NC(=O)C1CCCN1C(=O)C(CS)NC(=O)C(N)Cc1ccc(O)cc1)C(=O)O. The average Bonchev–Trinajstić information content (AvgIpc) is 3.35. The number of aromatic hydroxyl groups is 1. The number of nitrogens with two attached hydrogens (primary N) is 3. The molecule has 2 rings (SSSR count). The van der Waals surface area contributed by atoms with Gasteiger partial charge in [-0.25, -0.2) is 4.79 Å². The molecule has 1 aromatic rings. The number of guanidine groups is 1. The van der Waals surface area contributed by atoms with Crippen LogP contribution in [0.2, 0.25) is 0 Å². The van der Waals surface area contributed by atoms with Gasteiger partial charge in [0.15, 0.2) is 5.96 Å². The third-order valence-electron chi connectivity index (χ3n) is 5.92. The maximum absolute atomic E-state index is 13.2. The van der Waals surface area contributed by atoms with Gasteiger partial charge in [-0.2, -0.15) is 12.6 Å². The lowest BCUT2D eigenvalue weighted by atomic mass is 10.1. The maximum atomic E-state index is 13.2. The quantitative estimate of drug-likeness (QED) is 0.0619. The van der Waals surface area contributed by atoms with Gasteiger partial charge in [-0.1, -0.05) is 12.1 Å². The lowest BCUT2D eigenvalue weighted by molar-refractivity contribution is -0.144. The third kappa shape index (κ3) is 9.13. The van der Waals surface area contributed by atoms with Crippen LogP contribution in [0.15, 0.2) is 29.3 Å². The predicted octanol–water partition coefficient (Wildman–Crippen LogP) is -1.71. The number of nitrogens with one attached hydrogen (secondary N) is 2. The maximum Gasteiger partial charge on any atom is 0.326 e. The highest BCUT2D eigenvalue weighted by Gasteiger charge is 2.38. The number of amides is 3. The zero-order chi connectivity index (χ0) is 27.5. The number of hydrogen-bond acceptors (Lipinski definition) is 8. The van der Waals surface area contributed by atoms with Gasteiger partial charge < -0.3 is 42.9 Å². The number of carboxylic acids is 1. The monoisotopic (exact) mass is 537 g/mol. The minimum Gasteiger partial charge on any atom is -0.508 e. The van der Waals surface area contributed by atoms with Crippen LogP contribution in [0.1, 0.15) is 31.2 Å². The van der Waals surface area contributed by atoms with Crippen molar-refractivity contribution in [2.45, 2.75) is 56.3 Å². The Morgan fingerprint density at radius 2 is 1.81 bits per heavy atom. The van der Waals surface area contributed by atoms with Crippen LogP contribution in [-0.4, -0.2) is 87.8 Å². The van der Waals surface area contributed by atoms with Crippen molar-refractivity contribution >= 4 is 42.3 Å². The number of hydrogen-bond donors (Lipinski definition) is 8. The second kappa shape index (κ2) is 14.3. The van der Waals surface area contributed by atoms with E-state index >= 15 is 0 Å². The minimum atomic E-state index is -1.21. The van der Waals surface area contributed by atoms with Crippen LogP contribution in [0.3, 0.4) is 0 Å². The minimum absolute atomic E-state index is 0.0239. The molecule has 1 aliphatic rings. The highest BCUT2D eigenvalue weighted by Crippen LogP contribution is 2.20. The molecule has 0 aromatic heterocycles. The normalized spacial score (nSPS) is 17.4. The van der Waals surface area contributed by atoms with Gasteiger partial charge in [-0.05, 0) is 49.8 Å². The number of aliphatic carboxylic acids is 1. The largest absolute Gasteiger partial charge is 0.508 e. The lowest BCUT2D eigenvalue weighted by Crippen LogP contribution is -2.57. The number of rotatable bonds is 13. The first-order chi connectivity index (χ1) is 17.5. The van der Waals surface area contributed by atoms with Crippen LogP contribution in [0, 0.1) is 0 Å². The molecule has 204 valence electrons. The highest BCUT2D eigenvalue weighted by atomic mass is 32.1. The Kier molecular flexibility index (Phi) is 11.5. The van der Waals surface area contributed by atoms with Crippen LogP contribution < -0.4 is 27.8 Å². The van der Waals surface area contributed by atoms with Crippen molar-refractivity contribution in [3.8, 4) is 5.75 Å². The molecule has 0 aliphatic carbocycles. The van der Waals surface area contributed by atoms with E-state index in [1.54, 1.807) is 12.1 Å². The number of nitrogens with zero attached hydrogens (tertiary/aromatic N) is 2. The molecule has 13 nitrogen and oxygen atoms in total. The Morgan fingerprint density at radius 3 is 2.41 bits per heavy atom. The molecule has 1 aromatic carbocycles. The van der Waals surface area contributed by atoms with Crippen molar-refractivity contribution < 1.29 is 29.4 Å². The number of thiol groups is 1. The molecule has 0 bridgehead atoms. The lowest BCUT2D eigenvalue weighted by Gasteiger charge is -2.29. The summed E-state index contributed by atoms with van der Waals surface area (Å²) in [5.74, 6) is -2.91. The van der Waals surface area contributed by atoms with Gasteiger partial charge in [-0.15, -0.1) is 0 Å². The summed E-state index contributed by atoms with van der Waals surface area (Å²) in [6.45, 7) is 0.493. The van der Waals surface area contributed by atoms with Crippen LogP contribution in [0.25, 0.3) is 0 Å². The number of carbonyl (C=O) groups is 4. The van der Waals surface area contributed by atoms with Gasteiger partial charge in [0.05, 0.1) is 6.04 Å². The highest BCUT2D eigenvalue weighted by molar-refractivity contribution is 7.80. The van der Waals surface area contributed by atoms with E-state index in [4.69, 9.17) is 17.2 Å². The molecule has 4 atom stereocenters. The molecular formula is C23H35N7O6S. The molecule has 14 heteroatoms. The van der Waals surface area contributed by atoms with E-state index < -0.39 is 47.9 Å². The van der Waals surface area contributed by atoms with E-state index in [2.05, 4.69) is 28.3 Å². The molecule has 1 saturated heterocycles.